The van der Waals surface area contributed by atoms with Crippen LogP contribution in [0.15, 0.2) is 23.8 Å². The minimum atomic E-state index is -0.163. The molecule has 0 aromatic rings. The Morgan fingerprint density at radius 2 is 1.75 bits per heavy atom. The summed E-state index contributed by atoms with van der Waals surface area (Å²) < 4.78 is 0. The van der Waals surface area contributed by atoms with Crippen molar-refractivity contribution in [2.75, 3.05) is 0 Å². The van der Waals surface area contributed by atoms with Crippen molar-refractivity contribution in [3.8, 4) is 0 Å². The highest BCUT2D eigenvalue weighted by molar-refractivity contribution is 5.85. The van der Waals surface area contributed by atoms with Crippen LogP contribution in [-0.4, -0.2) is 5.78 Å². The SMILES string of the molecule is C=C(C)C(C)CC[C@@H](C)[C@H]1CC[C@@]2(C)C3=CCC4C(C)(C)C(=O)CC[C@]4(C)[C@H]3CC[C@]12C. The third-order valence-electron chi connectivity index (χ3n) is 12.2. The van der Waals surface area contributed by atoms with Gasteiger partial charge in [0.15, 0.2) is 0 Å². The van der Waals surface area contributed by atoms with E-state index < -0.39 is 0 Å². The predicted octanol–water partition coefficient (Wildman–Crippen LogP) is 8.79. The molecule has 180 valence electrons. The second kappa shape index (κ2) is 7.84. The molecule has 0 aliphatic heterocycles. The Morgan fingerprint density at radius 3 is 2.41 bits per heavy atom. The Hall–Kier alpha value is -0.850. The van der Waals surface area contributed by atoms with Gasteiger partial charge in [-0.3, -0.25) is 4.79 Å². The van der Waals surface area contributed by atoms with E-state index in [2.05, 4.69) is 68.0 Å². The van der Waals surface area contributed by atoms with Crippen molar-refractivity contribution >= 4 is 5.78 Å². The van der Waals surface area contributed by atoms with E-state index in [4.69, 9.17) is 0 Å². The third kappa shape index (κ3) is 3.26. The number of carbonyl (C=O) groups is 1. The molecule has 0 aromatic carbocycles. The van der Waals surface area contributed by atoms with Crippen LogP contribution < -0.4 is 0 Å². The van der Waals surface area contributed by atoms with Gasteiger partial charge in [0.25, 0.3) is 0 Å². The summed E-state index contributed by atoms with van der Waals surface area (Å²) in [4.78, 5) is 12.8. The molecule has 0 amide bonds. The van der Waals surface area contributed by atoms with Gasteiger partial charge in [-0.15, -0.1) is 0 Å². The number of hydrogen-bond acceptors (Lipinski definition) is 1. The van der Waals surface area contributed by atoms with Gasteiger partial charge >= 0.3 is 0 Å². The Morgan fingerprint density at radius 1 is 1.06 bits per heavy atom. The molecule has 1 heteroatoms. The predicted molar refractivity (Wildman–Crippen MR) is 136 cm³/mol. The molecule has 3 fully saturated rings. The van der Waals surface area contributed by atoms with Crippen molar-refractivity contribution in [2.45, 2.75) is 113 Å². The number of hydrogen-bond donors (Lipinski definition) is 0. The second-order valence-corrected chi connectivity index (χ2v) is 13.9. The summed E-state index contributed by atoms with van der Waals surface area (Å²) in [5.74, 6) is 3.97. The van der Waals surface area contributed by atoms with Gasteiger partial charge in [-0.05, 0) is 104 Å². The first-order valence-corrected chi connectivity index (χ1v) is 13.7. The fraction of sp³-hybridized carbons (Fsp3) is 0.839. The van der Waals surface area contributed by atoms with Gasteiger partial charge in [0.05, 0.1) is 0 Å². The third-order valence-corrected chi connectivity index (χ3v) is 12.2. The topological polar surface area (TPSA) is 17.1 Å². The van der Waals surface area contributed by atoms with Crippen molar-refractivity contribution in [3.63, 3.8) is 0 Å². The fourth-order valence-corrected chi connectivity index (χ4v) is 9.43. The van der Waals surface area contributed by atoms with E-state index in [0.29, 0.717) is 39.8 Å². The highest BCUT2D eigenvalue weighted by Gasteiger charge is 2.65. The summed E-state index contributed by atoms with van der Waals surface area (Å²) in [7, 11) is 0. The molecule has 8 atom stereocenters. The molecule has 1 nitrogen and oxygen atoms in total. The first kappa shape index (κ1) is 24.3. The Balaban J connectivity index is 1.61. The lowest BCUT2D eigenvalue weighted by atomic mass is 9.41. The monoisotopic (exact) mass is 438 g/mol. The largest absolute Gasteiger partial charge is 0.299 e. The molecule has 0 bridgehead atoms. The highest BCUT2D eigenvalue weighted by atomic mass is 16.1. The number of fused-ring (bicyclic) bond motifs is 5. The molecule has 4 rings (SSSR count). The number of ketones is 1. The normalized spacial score (nSPS) is 44.7. The summed E-state index contributed by atoms with van der Waals surface area (Å²) in [5, 5.41) is 0. The smallest absolute Gasteiger partial charge is 0.138 e. The van der Waals surface area contributed by atoms with Crippen molar-refractivity contribution in [1.29, 1.82) is 0 Å². The number of allylic oxidation sites excluding steroid dienone is 3. The molecular formula is C31H50O. The van der Waals surface area contributed by atoms with Gasteiger partial charge in [-0.25, -0.2) is 0 Å². The standard InChI is InChI=1S/C31H50O/c1-20(2)21(3)10-11-22(4)23-14-18-31(9)25-12-13-26-28(5,6)27(32)16-17-29(26,7)24(25)15-19-30(23,31)8/h12,21-24,26H,1,10-11,13-19H2,2-9H3/t21?,22-,23-,24+,26?,29-,30-,31+/m1/s1. The van der Waals surface area contributed by atoms with Gasteiger partial charge < -0.3 is 0 Å². The molecule has 4 aliphatic rings. The summed E-state index contributed by atoms with van der Waals surface area (Å²) in [6.45, 7) is 23.6. The first-order valence-electron chi connectivity index (χ1n) is 13.7. The molecule has 0 radical (unpaired) electrons. The van der Waals surface area contributed by atoms with E-state index in [0.717, 1.165) is 31.1 Å². The van der Waals surface area contributed by atoms with Crippen molar-refractivity contribution in [2.24, 2.45) is 51.2 Å². The van der Waals surface area contributed by atoms with Gasteiger partial charge in [-0.2, -0.15) is 0 Å². The van der Waals surface area contributed by atoms with E-state index in [1.807, 2.05) is 0 Å². The molecule has 2 unspecified atom stereocenters. The summed E-state index contributed by atoms with van der Waals surface area (Å²) in [5.41, 5.74) is 4.04. The molecule has 0 spiro atoms. The first-order chi connectivity index (χ1) is 14.8. The number of Topliss-reactive ketones (excluding diaryl/α,β-unsaturated/α-hetero) is 1. The maximum absolute atomic E-state index is 12.8. The summed E-state index contributed by atoms with van der Waals surface area (Å²) in [6.07, 6.45) is 13.7. The Kier molecular flexibility index (Phi) is 5.95. The van der Waals surface area contributed by atoms with Crippen LogP contribution in [0.1, 0.15) is 113 Å². The zero-order valence-corrected chi connectivity index (χ0v) is 22.4. The minimum absolute atomic E-state index is 0.163. The average Bonchev–Trinajstić information content (AvgIpc) is 3.00. The Labute approximate surface area is 198 Å². The van der Waals surface area contributed by atoms with E-state index in [1.54, 1.807) is 5.57 Å². The Bertz CT molecular complexity index is 816. The van der Waals surface area contributed by atoms with E-state index in [9.17, 15) is 4.79 Å². The minimum Gasteiger partial charge on any atom is -0.299 e. The quantitative estimate of drug-likeness (QED) is 0.392. The molecule has 0 saturated heterocycles. The lowest BCUT2D eigenvalue weighted by molar-refractivity contribution is -0.146. The van der Waals surface area contributed by atoms with Crippen molar-refractivity contribution in [1.82, 2.24) is 0 Å². The van der Waals surface area contributed by atoms with E-state index in [-0.39, 0.29) is 5.41 Å². The van der Waals surface area contributed by atoms with E-state index in [1.165, 1.54) is 44.1 Å². The lowest BCUT2D eigenvalue weighted by Crippen LogP contribution is -2.57. The van der Waals surface area contributed by atoms with Crippen LogP contribution in [0.4, 0.5) is 0 Å². The zero-order valence-electron chi connectivity index (χ0n) is 22.4. The van der Waals surface area contributed by atoms with Gasteiger partial charge in [-0.1, -0.05) is 72.3 Å². The molecule has 0 N–H and O–H groups in total. The van der Waals surface area contributed by atoms with Crippen LogP contribution in [-0.2, 0) is 4.79 Å². The highest BCUT2D eigenvalue weighted by Crippen LogP contribution is 2.73. The van der Waals surface area contributed by atoms with Crippen LogP contribution in [0, 0.1) is 51.2 Å². The fourth-order valence-electron chi connectivity index (χ4n) is 9.43. The molecule has 32 heavy (non-hydrogen) atoms. The molecule has 0 aromatic heterocycles. The molecule has 0 heterocycles. The van der Waals surface area contributed by atoms with Crippen LogP contribution in [0.5, 0.6) is 0 Å². The van der Waals surface area contributed by atoms with Crippen molar-refractivity contribution < 1.29 is 4.79 Å². The molecular weight excluding hydrogens is 388 g/mol. The maximum atomic E-state index is 12.8. The molecule has 4 aliphatic carbocycles. The maximum Gasteiger partial charge on any atom is 0.138 e. The second-order valence-electron chi connectivity index (χ2n) is 13.9. The zero-order chi connectivity index (χ0) is 23.7. The number of carbonyl (C=O) groups excluding carboxylic acids is 1. The molecule has 3 saturated carbocycles. The van der Waals surface area contributed by atoms with Crippen LogP contribution in [0.25, 0.3) is 0 Å². The summed E-state index contributed by atoms with van der Waals surface area (Å²) in [6, 6.07) is 0. The van der Waals surface area contributed by atoms with E-state index >= 15 is 0 Å². The van der Waals surface area contributed by atoms with Gasteiger partial charge in [0.2, 0.25) is 0 Å². The average molecular weight is 439 g/mol. The van der Waals surface area contributed by atoms with Gasteiger partial charge in [0.1, 0.15) is 5.78 Å². The summed E-state index contributed by atoms with van der Waals surface area (Å²) >= 11 is 0. The number of rotatable bonds is 5. The lowest BCUT2D eigenvalue weighted by Gasteiger charge is -2.63. The van der Waals surface area contributed by atoms with Crippen LogP contribution >= 0.6 is 0 Å². The van der Waals surface area contributed by atoms with Gasteiger partial charge in [0, 0.05) is 11.8 Å². The van der Waals surface area contributed by atoms with Crippen molar-refractivity contribution in [3.05, 3.63) is 23.8 Å². The van der Waals surface area contributed by atoms with Crippen LogP contribution in [0.2, 0.25) is 0 Å². The van der Waals surface area contributed by atoms with Crippen LogP contribution in [0.3, 0.4) is 0 Å².